The lowest BCUT2D eigenvalue weighted by Gasteiger charge is -2.44. The molecule has 9 heteroatoms. The number of ether oxygens (including phenoxy) is 5. The molecule has 5 atom stereocenters. The third-order valence-corrected chi connectivity index (χ3v) is 4.32. The van der Waals surface area contributed by atoms with Crippen LogP contribution < -0.4 is 5.32 Å². The van der Waals surface area contributed by atoms with Gasteiger partial charge in [-0.15, -0.1) is 0 Å². The summed E-state index contributed by atoms with van der Waals surface area (Å²) in [6.07, 6.45) is -3.61. The van der Waals surface area contributed by atoms with Gasteiger partial charge in [0.1, 0.15) is 12.7 Å². The summed E-state index contributed by atoms with van der Waals surface area (Å²) >= 11 is 0. The summed E-state index contributed by atoms with van der Waals surface area (Å²) < 4.78 is 27.2. The van der Waals surface area contributed by atoms with Crippen LogP contribution in [0.4, 0.5) is 0 Å². The Kier molecular flexibility index (Phi) is 8.56. The van der Waals surface area contributed by atoms with Gasteiger partial charge in [0.25, 0.3) is 0 Å². The Balaban J connectivity index is 2.28. The first-order chi connectivity index (χ1) is 13.8. The van der Waals surface area contributed by atoms with E-state index in [2.05, 4.69) is 5.32 Å². The second-order valence-electron chi connectivity index (χ2n) is 6.62. The van der Waals surface area contributed by atoms with E-state index in [9.17, 15) is 14.4 Å². The quantitative estimate of drug-likeness (QED) is 0.495. The smallest absolute Gasteiger partial charge is 0.303 e. The summed E-state index contributed by atoms with van der Waals surface area (Å²) in [5.41, 5.74) is 0.995. The van der Waals surface area contributed by atoms with E-state index in [1.807, 2.05) is 30.3 Å². The van der Waals surface area contributed by atoms with E-state index >= 15 is 0 Å². The predicted molar refractivity (Wildman–Crippen MR) is 100 cm³/mol. The number of esters is 3. The van der Waals surface area contributed by atoms with Gasteiger partial charge in [-0.1, -0.05) is 30.3 Å². The molecule has 0 bridgehead atoms. The third kappa shape index (κ3) is 6.81. The number of nitrogens with one attached hydrogen (secondary N) is 1. The molecule has 1 aliphatic rings. The lowest BCUT2D eigenvalue weighted by atomic mass is 9.96. The maximum absolute atomic E-state index is 11.8. The van der Waals surface area contributed by atoms with Crippen molar-refractivity contribution in [1.29, 1.82) is 0 Å². The first-order valence-corrected chi connectivity index (χ1v) is 9.25. The Hall–Kier alpha value is -2.49. The average Bonchev–Trinajstić information content (AvgIpc) is 2.67. The Morgan fingerprint density at radius 1 is 0.966 bits per heavy atom. The van der Waals surface area contributed by atoms with Gasteiger partial charge in [0.05, 0.1) is 6.04 Å². The summed E-state index contributed by atoms with van der Waals surface area (Å²) in [4.78, 5) is 34.7. The molecule has 1 aromatic rings. The molecule has 160 valence electrons. The highest BCUT2D eigenvalue weighted by atomic mass is 16.7. The molecule has 0 radical (unpaired) electrons. The SMILES string of the molecule is CO[C@@H]1O[C@H](COC(C)=O)[C@@H](OC(C)=O)[C@H](OC(C)=O)[C@H]1NCc1ccccc1. The molecule has 1 fully saturated rings. The zero-order valence-electron chi connectivity index (χ0n) is 17.0. The first-order valence-electron chi connectivity index (χ1n) is 9.25. The summed E-state index contributed by atoms with van der Waals surface area (Å²) in [6.45, 7) is 4.01. The molecular weight excluding hydrogens is 382 g/mol. The minimum atomic E-state index is -0.990. The molecule has 1 aromatic carbocycles. The summed E-state index contributed by atoms with van der Waals surface area (Å²) in [5, 5.41) is 3.26. The van der Waals surface area contributed by atoms with Crippen LogP contribution in [-0.4, -0.2) is 62.3 Å². The van der Waals surface area contributed by atoms with Crippen LogP contribution in [-0.2, 0) is 44.6 Å². The van der Waals surface area contributed by atoms with Crippen LogP contribution in [0.5, 0.6) is 0 Å². The van der Waals surface area contributed by atoms with E-state index in [4.69, 9.17) is 23.7 Å². The molecule has 0 spiro atoms. The van der Waals surface area contributed by atoms with Crippen molar-refractivity contribution in [2.75, 3.05) is 13.7 Å². The van der Waals surface area contributed by atoms with Gasteiger partial charge in [0.2, 0.25) is 0 Å². The summed E-state index contributed by atoms with van der Waals surface area (Å²) in [7, 11) is 1.45. The minimum absolute atomic E-state index is 0.184. The van der Waals surface area contributed by atoms with Crippen molar-refractivity contribution in [3.05, 3.63) is 35.9 Å². The molecule has 29 heavy (non-hydrogen) atoms. The maximum Gasteiger partial charge on any atom is 0.303 e. The van der Waals surface area contributed by atoms with Gasteiger partial charge in [-0.2, -0.15) is 0 Å². The second kappa shape index (κ2) is 10.9. The van der Waals surface area contributed by atoms with Crippen LogP contribution in [0, 0.1) is 0 Å². The number of carbonyl (C=O) groups is 3. The van der Waals surface area contributed by atoms with E-state index < -0.39 is 48.6 Å². The largest absolute Gasteiger partial charge is 0.463 e. The number of methoxy groups -OCH3 is 1. The van der Waals surface area contributed by atoms with Crippen LogP contribution in [0.15, 0.2) is 30.3 Å². The Labute approximate surface area is 169 Å². The summed E-state index contributed by atoms with van der Waals surface area (Å²) in [6, 6.07) is 8.95. The van der Waals surface area contributed by atoms with Gasteiger partial charge < -0.3 is 29.0 Å². The van der Waals surface area contributed by atoms with E-state index in [1.54, 1.807) is 0 Å². The van der Waals surface area contributed by atoms with Gasteiger partial charge in [0.15, 0.2) is 18.5 Å². The number of carbonyl (C=O) groups excluding carboxylic acids is 3. The van der Waals surface area contributed by atoms with Crippen molar-refractivity contribution in [3.63, 3.8) is 0 Å². The third-order valence-electron chi connectivity index (χ3n) is 4.32. The highest BCUT2D eigenvalue weighted by molar-refractivity contribution is 5.68. The van der Waals surface area contributed by atoms with E-state index in [1.165, 1.54) is 27.9 Å². The number of hydrogen-bond acceptors (Lipinski definition) is 9. The second-order valence-corrected chi connectivity index (χ2v) is 6.62. The Bertz CT molecular complexity index is 695. The normalized spacial score (nSPS) is 26.4. The van der Waals surface area contributed by atoms with E-state index in [0.717, 1.165) is 5.56 Å². The lowest BCUT2D eigenvalue weighted by molar-refractivity contribution is -0.272. The molecule has 0 amide bonds. The Morgan fingerprint density at radius 3 is 2.14 bits per heavy atom. The fraction of sp³-hybridized carbons (Fsp3) is 0.550. The molecule has 1 aliphatic heterocycles. The van der Waals surface area contributed by atoms with E-state index in [-0.39, 0.29) is 6.61 Å². The average molecular weight is 409 g/mol. The first kappa shape index (κ1) is 22.8. The minimum Gasteiger partial charge on any atom is -0.463 e. The van der Waals surface area contributed by atoms with Crippen molar-refractivity contribution in [2.45, 2.75) is 58.0 Å². The zero-order valence-corrected chi connectivity index (χ0v) is 17.0. The van der Waals surface area contributed by atoms with Crippen LogP contribution in [0.1, 0.15) is 26.3 Å². The molecule has 0 aromatic heterocycles. The van der Waals surface area contributed by atoms with Gasteiger partial charge >= 0.3 is 17.9 Å². The standard InChI is InChI=1S/C20H27NO8/c1-12(22)26-11-16-18(27-13(2)23)19(28-14(3)24)17(20(25-4)29-16)21-10-15-8-6-5-7-9-15/h5-9,16-21H,10-11H2,1-4H3/t16-,17-,18-,19-,20-/m1/s1. The maximum atomic E-state index is 11.8. The van der Waals surface area contributed by atoms with Crippen molar-refractivity contribution in [2.24, 2.45) is 0 Å². The monoisotopic (exact) mass is 409 g/mol. The molecule has 9 nitrogen and oxygen atoms in total. The van der Waals surface area contributed by atoms with Gasteiger partial charge in [0, 0.05) is 34.4 Å². The number of hydrogen-bond donors (Lipinski definition) is 1. The number of benzene rings is 1. The van der Waals surface area contributed by atoms with Gasteiger partial charge in [-0.05, 0) is 5.56 Å². The van der Waals surface area contributed by atoms with Crippen molar-refractivity contribution in [3.8, 4) is 0 Å². The fourth-order valence-electron chi connectivity index (χ4n) is 3.15. The molecule has 0 saturated carbocycles. The molecular formula is C20H27NO8. The van der Waals surface area contributed by atoms with Crippen molar-refractivity contribution < 1.29 is 38.1 Å². The molecule has 2 rings (SSSR count). The van der Waals surface area contributed by atoms with Crippen molar-refractivity contribution in [1.82, 2.24) is 5.32 Å². The van der Waals surface area contributed by atoms with Gasteiger partial charge in [-0.3, -0.25) is 14.4 Å². The van der Waals surface area contributed by atoms with Crippen LogP contribution in [0.2, 0.25) is 0 Å². The molecule has 0 unspecified atom stereocenters. The summed E-state index contributed by atoms with van der Waals surface area (Å²) in [5.74, 6) is -1.65. The van der Waals surface area contributed by atoms with Crippen molar-refractivity contribution >= 4 is 17.9 Å². The lowest BCUT2D eigenvalue weighted by Crippen LogP contribution is -2.65. The molecule has 0 aliphatic carbocycles. The van der Waals surface area contributed by atoms with Crippen LogP contribution in [0.25, 0.3) is 0 Å². The zero-order chi connectivity index (χ0) is 21.4. The predicted octanol–water partition coefficient (Wildman–Crippen LogP) is 0.943. The van der Waals surface area contributed by atoms with Crippen LogP contribution in [0.3, 0.4) is 0 Å². The Morgan fingerprint density at radius 2 is 1.59 bits per heavy atom. The van der Waals surface area contributed by atoms with E-state index in [0.29, 0.717) is 6.54 Å². The topological polar surface area (TPSA) is 109 Å². The van der Waals surface area contributed by atoms with Gasteiger partial charge in [-0.25, -0.2) is 0 Å². The fourth-order valence-corrected chi connectivity index (χ4v) is 3.15. The molecule has 1 heterocycles. The highest BCUT2D eigenvalue weighted by Crippen LogP contribution is 2.27. The highest BCUT2D eigenvalue weighted by Gasteiger charge is 2.50. The van der Waals surface area contributed by atoms with Crippen LogP contribution >= 0.6 is 0 Å². The molecule has 1 N–H and O–H groups in total. The number of rotatable bonds is 8. The molecule has 1 saturated heterocycles.